The van der Waals surface area contributed by atoms with E-state index in [1.165, 1.54) is 50.2 Å². The highest BCUT2D eigenvalue weighted by Gasteiger charge is 2.35. The van der Waals surface area contributed by atoms with Crippen molar-refractivity contribution in [2.45, 2.75) is 53.4 Å². The van der Waals surface area contributed by atoms with Crippen LogP contribution in [0.2, 0.25) is 0 Å². The minimum atomic E-state index is 0.0752. The highest BCUT2D eigenvalue weighted by Crippen LogP contribution is 2.50. The monoisotopic (exact) mass is 368 g/mol. The van der Waals surface area contributed by atoms with Crippen molar-refractivity contribution in [2.75, 3.05) is 0 Å². The molecule has 0 aromatic heterocycles. The standard InChI is InChI=1S/C23H18.C3H8.C2H6/c1-23(2)21-10-6-5-9-18(21)20-14-19-16(13-22(20)23)12-11-15-7-3-4-8-17(15)19;1-3-2;1-2/h3-14H,1-2H3;3H2,1-2H3;1-2H3. The van der Waals surface area contributed by atoms with E-state index >= 15 is 0 Å². The van der Waals surface area contributed by atoms with Gasteiger partial charge >= 0.3 is 0 Å². The molecule has 0 aliphatic heterocycles. The van der Waals surface area contributed by atoms with Gasteiger partial charge in [0.15, 0.2) is 0 Å². The Kier molecular flexibility index (Phi) is 5.89. The van der Waals surface area contributed by atoms with Gasteiger partial charge in [-0.15, -0.1) is 0 Å². The molecule has 0 saturated heterocycles. The predicted molar refractivity (Wildman–Crippen MR) is 126 cm³/mol. The van der Waals surface area contributed by atoms with Gasteiger partial charge in [0.05, 0.1) is 0 Å². The molecule has 144 valence electrons. The molecule has 0 spiro atoms. The lowest BCUT2D eigenvalue weighted by molar-refractivity contribution is 0.661. The number of hydrogen-bond donors (Lipinski definition) is 0. The Balaban J connectivity index is 0.000000414. The van der Waals surface area contributed by atoms with Crippen LogP contribution in [0.15, 0.2) is 72.8 Å². The zero-order chi connectivity index (χ0) is 20.3. The molecule has 0 fully saturated rings. The Morgan fingerprint density at radius 2 is 1.21 bits per heavy atom. The van der Waals surface area contributed by atoms with Crippen molar-refractivity contribution in [3.05, 3.63) is 83.9 Å². The molecule has 0 bridgehead atoms. The van der Waals surface area contributed by atoms with E-state index in [1.807, 2.05) is 13.8 Å². The number of rotatable bonds is 0. The lowest BCUT2D eigenvalue weighted by atomic mass is 9.82. The van der Waals surface area contributed by atoms with Crippen molar-refractivity contribution >= 4 is 21.5 Å². The third-order valence-corrected chi connectivity index (χ3v) is 5.45. The molecule has 0 N–H and O–H groups in total. The van der Waals surface area contributed by atoms with E-state index < -0.39 is 0 Å². The molecule has 4 aromatic carbocycles. The molecule has 1 aliphatic carbocycles. The molecule has 28 heavy (non-hydrogen) atoms. The summed E-state index contributed by atoms with van der Waals surface area (Å²) in [4.78, 5) is 0. The quantitative estimate of drug-likeness (QED) is 0.272. The summed E-state index contributed by atoms with van der Waals surface area (Å²) in [6, 6.07) is 26.8. The zero-order valence-electron chi connectivity index (χ0n) is 18.1. The fourth-order valence-electron chi connectivity index (χ4n) is 4.20. The molecular formula is C28H32. The Hall–Kier alpha value is -2.60. The summed E-state index contributed by atoms with van der Waals surface area (Å²) < 4.78 is 0. The molecule has 0 radical (unpaired) electrons. The van der Waals surface area contributed by atoms with Gasteiger partial charge in [0.1, 0.15) is 0 Å². The van der Waals surface area contributed by atoms with Crippen LogP contribution in [0.25, 0.3) is 32.7 Å². The normalized spacial score (nSPS) is 13.1. The Morgan fingerprint density at radius 3 is 1.96 bits per heavy atom. The molecule has 0 heterocycles. The van der Waals surface area contributed by atoms with E-state index in [-0.39, 0.29) is 5.41 Å². The van der Waals surface area contributed by atoms with Gasteiger partial charge in [-0.25, -0.2) is 0 Å². The van der Waals surface area contributed by atoms with E-state index in [4.69, 9.17) is 0 Å². The first-order valence-corrected chi connectivity index (χ1v) is 10.6. The van der Waals surface area contributed by atoms with Crippen molar-refractivity contribution in [3.63, 3.8) is 0 Å². The fraction of sp³-hybridized carbons (Fsp3) is 0.286. The van der Waals surface area contributed by atoms with E-state index in [0.717, 1.165) is 0 Å². The van der Waals surface area contributed by atoms with Crippen molar-refractivity contribution in [2.24, 2.45) is 0 Å². The lowest BCUT2D eigenvalue weighted by Gasteiger charge is -2.21. The molecule has 0 amide bonds. The van der Waals surface area contributed by atoms with Crippen LogP contribution < -0.4 is 0 Å². The van der Waals surface area contributed by atoms with E-state index in [0.29, 0.717) is 0 Å². The van der Waals surface area contributed by atoms with Crippen LogP contribution in [-0.4, -0.2) is 0 Å². The number of fused-ring (bicyclic) bond motifs is 6. The third kappa shape index (κ3) is 3.22. The smallest absolute Gasteiger partial charge is 0.0159 e. The van der Waals surface area contributed by atoms with Gasteiger partial charge in [-0.1, -0.05) is 109 Å². The summed E-state index contributed by atoms with van der Waals surface area (Å²) in [6.45, 7) is 12.9. The Bertz CT molecular complexity index is 1100. The van der Waals surface area contributed by atoms with Gasteiger partial charge < -0.3 is 0 Å². The van der Waals surface area contributed by atoms with Gasteiger partial charge in [0, 0.05) is 5.41 Å². The molecule has 0 atom stereocenters. The average Bonchev–Trinajstić information content (AvgIpc) is 2.96. The maximum Gasteiger partial charge on any atom is 0.0159 e. The Morgan fingerprint density at radius 1 is 0.607 bits per heavy atom. The summed E-state index contributed by atoms with van der Waals surface area (Å²) in [6.07, 6.45) is 1.25. The summed E-state index contributed by atoms with van der Waals surface area (Å²) in [5.41, 5.74) is 5.75. The van der Waals surface area contributed by atoms with E-state index in [2.05, 4.69) is 100 Å². The largest absolute Gasteiger partial charge is 0.0683 e. The van der Waals surface area contributed by atoms with Gasteiger partial charge in [-0.3, -0.25) is 0 Å². The molecule has 0 nitrogen and oxygen atoms in total. The molecule has 0 saturated carbocycles. The first-order chi connectivity index (χ1) is 13.6. The SMILES string of the molecule is CC.CC1(C)c2ccccc2-c2cc3c(ccc4ccccc43)cc21.CCC. The molecule has 0 unspecified atom stereocenters. The minimum Gasteiger partial charge on any atom is -0.0683 e. The summed E-state index contributed by atoms with van der Waals surface area (Å²) in [5.74, 6) is 0. The topological polar surface area (TPSA) is 0 Å². The van der Waals surface area contributed by atoms with Crippen LogP contribution >= 0.6 is 0 Å². The van der Waals surface area contributed by atoms with Gasteiger partial charge in [-0.2, -0.15) is 0 Å². The van der Waals surface area contributed by atoms with Crippen LogP contribution in [-0.2, 0) is 5.41 Å². The van der Waals surface area contributed by atoms with E-state index in [1.54, 1.807) is 0 Å². The highest BCUT2D eigenvalue weighted by molar-refractivity contribution is 6.09. The summed E-state index contributed by atoms with van der Waals surface area (Å²) in [5, 5.41) is 5.35. The maximum absolute atomic E-state index is 2.40. The predicted octanol–water partition coefficient (Wildman–Crippen LogP) is 8.74. The number of benzene rings is 4. The first kappa shape index (κ1) is 20.1. The van der Waals surface area contributed by atoms with Gasteiger partial charge in [-0.05, 0) is 55.9 Å². The van der Waals surface area contributed by atoms with Gasteiger partial charge in [0.25, 0.3) is 0 Å². The van der Waals surface area contributed by atoms with Crippen molar-refractivity contribution in [1.29, 1.82) is 0 Å². The third-order valence-electron chi connectivity index (χ3n) is 5.45. The van der Waals surface area contributed by atoms with Crippen LogP contribution in [0.1, 0.15) is 59.1 Å². The van der Waals surface area contributed by atoms with Crippen LogP contribution in [0.3, 0.4) is 0 Å². The second-order valence-corrected chi connectivity index (χ2v) is 7.78. The molecule has 5 rings (SSSR count). The summed E-state index contributed by atoms with van der Waals surface area (Å²) >= 11 is 0. The second kappa shape index (κ2) is 8.19. The molecule has 4 aromatic rings. The van der Waals surface area contributed by atoms with Crippen molar-refractivity contribution in [1.82, 2.24) is 0 Å². The average molecular weight is 369 g/mol. The van der Waals surface area contributed by atoms with E-state index in [9.17, 15) is 0 Å². The van der Waals surface area contributed by atoms with Gasteiger partial charge in [0.2, 0.25) is 0 Å². The minimum absolute atomic E-state index is 0.0752. The second-order valence-electron chi connectivity index (χ2n) is 7.78. The van der Waals surface area contributed by atoms with Crippen LogP contribution in [0.4, 0.5) is 0 Å². The van der Waals surface area contributed by atoms with Crippen LogP contribution in [0.5, 0.6) is 0 Å². The zero-order valence-corrected chi connectivity index (χ0v) is 18.1. The first-order valence-electron chi connectivity index (χ1n) is 10.6. The maximum atomic E-state index is 2.40. The Labute approximate surface area is 170 Å². The molecule has 0 heteroatoms. The molecular weight excluding hydrogens is 336 g/mol. The summed E-state index contributed by atoms with van der Waals surface area (Å²) in [7, 11) is 0. The number of hydrogen-bond acceptors (Lipinski definition) is 0. The fourth-order valence-corrected chi connectivity index (χ4v) is 4.20. The van der Waals surface area contributed by atoms with Crippen molar-refractivity contribution in [3.8, 4) is 11.1 Å². The highest BCUT2D eigenvalue weighted by atomic mass is 14.4. The lowest BCUT2D eigenvalue weighted by Crippen LogP contribution is -2.14. The van der Waals surface area contributed by atoms with Crippen LogP contribution in [0, 0.1) is 0 Å². The van der Waals surface area contributed by atoms with Crippen molar-refractivity contribution < 1.29 is 0 Å². The molecule has 1 aliphatic rings.